The summed E-state index contributed by atoms with van der Waals surface area (Å²) in [5.41, 5.74) is 6.50. The van der Waals surface area contributed by atoms with Gasteiger partial charge in [0.05, 0.1) is 5.56 Å². The molecule has 1 aromatic heterocycles. The average Bonchev–Trinajstić information content (AvgIpc) is 2.72. The van der Waals surface area contributed by atoms with Gasteiger partial charge in [-0.05, 0) is 29.8 Å². The Morgan fingerprint density at radius 1 is 0.808 bits per heavy atom. The van der Waals surface area contributed by atoms with Crippen molar-refractivity contribution in [2.24, 2.45) is 0 Å². The van der Waals surface area contributed by atoms with E-state index >= 15 is 0 Å². The Morgan fingerprint density at radius 3 is 2.23 bits per heavy atom. The lowest BCUT2D eigenvalue weighted by Crippen LogP contribution is -2.41. The van der Waals surface area contributed by atoms with Crippen molar-refractivity contribution in [3.63, 3.8) is 0 Å². The summed E-state index contributed by atoms with van der Waals surface area (Å²) < 4.78 is 5.75. The molecule has 6 nitrogen and oxygen atoms in total. The lowest BCUT2D eigenvalue weighted by atomic mass is 10.2. The molecule has 3 aromatic rings. The number of carbonyl (C=O) groups is 2. The molecule has 0 saturated heterocycles. The monoisotopic (exact) mass is 347 g/mol. The van der Waals surface area contributed by atoms with Gasteiger partial charge in [0.25, 0.3) is 11.8 Å². The van der Waals surface area contributed by atoms with Crippen molar-refractivity contribution in [2.75, 3.05) is 0 Å². The van der Waals surface area contributed by atoms with E-state index in [2.05, 4.69) is 15.8 Å². The quantitative estimate of drug-likeness (QED) is 0.696. The second kappa shape index (κ2) is 8.43. The number of hydrogen-bond donors (Lipinski definition) is 2. The maximum absolute atomic E-state index is 12.4. The molecule has 2 amide bonds. The zero-order valence-corrected chi connectivity index (χ0v) is 13.9. The molecule has 0 saturated carbocycles. The lowest BCUT2D eigenvalue weighted by Gasteiger charge is -2.12. The summed E-state index contributed by atoms with van der Waals surface area (Å²) in [7, 11) is 0. The predicted molar refractivity (Wildman–Crippen MR) is 96.4 cm³/mol. The van der Waals surface area contributed by atoms with Gasteiger partial charge in [0.15, 0.2) is 0 Å². The van der Waals surface area contributed by atoms with Crippen molar-refractivity contribution in [1.29, 1.82) is 0 Å². The third-order valence-electron chi connectivity index (χ3n) is 3.60. The molecule has 0 aliphatic heterocycles. The summed E-state index contributed by atoms with van der Waals surface area (Å²) in [5, 5.41) is 0. The molecular formula is C20H17N3O3. The van der Waals surface area contributed by atoms with E-state index in [0.29, 0.717) is 23.5 Å². The number of rotatable bonds is 5. The van der Waals surface area contributed by atoms with E-state index in [9.17, 15) is 9.59 Å². The second-order valence-corrected chi connectivity index (χ2v) is 5.41. The minimum absolute atomic E-state index is 0.332. The molecule has 2 N–H and O–H groups in total. The van der Waals surface area contributed by atoms with Gasteiger partial charge in [0.1, 0.15) is 12.4 Å². The highest BCUT2D eigenvalue weighted by molar-refractivity contribution is 6.00. The minimum Gasteiger partial charge on any atom is -0.488 e. The van der Waals surface area contributed by atoms with E-state index in [-0.39, 0.29) is 0 Å². The van der Waals surface area contributed by atoms with Gasteiger partial charge in [-0.2, -0.15) is 0 Å². The van der Waals surface area contributed by atoms with Crippen molar-refractivity contribution in [3.8, 4) is 5.75 Å². The number of carbonyl (C=O) groups excluding carboxylic acids is 2. The van der Waals surface area contributed by atoms with Crippen LogP contribution in [0.2, 0.25) is 0 Å². The largest absolute Gasteiger partial charge is 0.488 e. The molecule has 3 rings (SSSR count). The number of amides is 2. The van der Waals surface area contributed by atoms with Gasteiger partial charge in [-0.15, -0.1) is 0 Å². The molecule has 0 spiro atoms. The van der Waals surface area contributed by atoms with Crippen molar-refractivity contribution < 1.29 is 14.3 Å². The van der Waals surface area contributed by atoms with E-state index in [0.717, 1.165) is 5.56 Å². The van der Waals surface area contributed by atoms with Crippen molar-refractivity contribution in [3.05, 3.63) is 95.8 Å². The Morgan fingerprint density at radius 2 is 1.46 bits per heavy atom. The van der Waals surface area contributed by atoms with Crippen molar-refractivity contribution in [1.82, 2.24) is 15.8 Å². The first-order valence-electron chi connectivity index (χ1n) is 8.00. The standard InChI is InChI=1S/C20H17N3O3/c24-19(16-10-12-21-13-11-16)22-23-20(25)17-8-4-5-9-18(17)26-14-15-6-2-1-3-7-15/h1-13H,14H2,(H,22,24)(H,23,25). The molecular weight excluding hydrogens is 330 g/mol. The first-order valence-corrected chi connectivity index (χ1v) is 8.00. The number of pyridine rings is 1. The first-order chi connectivity index (χ1) is 12.7. The highest BCUT2D eigenvalue weighted by atomic mass is 16.5. The van der Waals surface area contributed by atoms with Crippen LogP contribution in [-0.2, 0) is 6.61 Å². The van der Waals surface area contributed by atoms with Crippen molar-refractivity contribution >= 4 is 11.8 Å². The van der Waals surface area contributed by atoms with E-state index in [1.54, 1.807) is 36.4 Å². The number of para-hydroxylation sites is 1. The molecule has 0 aliphatic rings. The fraction of sp³-hybridized carbons (Fsp3) is 0.0500. The van der Waals surface area contributed by atoms with Crippen LogP contribution in [0.4, 0.5) is 0 Å². The molecule has 2 aromatic carbocycles. The number of hydrazine groups is 1. The molecule has 0 radical (unpaired) electrons. The first kappa shape index (κ1) is 17.2. The van der Waals surface area contributed by atoms with E-state index < -0.39 is 11.8 Å². The van der Waals surface area contributed by atoms with E-state index in [1.807, 2.05) is 30.3 Å². The number of aromatic nitrogens is 1. The van der Waals surface area contributed by atoms with Crippen LogP contribution in [-0.4, -0.2) is 16.8 Å². The van der Waals surface area contributed by atoms with Gasteiger partial charge < -0.3 is 4.74 Å². The number of nitrogens with one attached hydrogen (secondary N) is 2. The fourth-order valence-corrected chi connectivity index (χ4v) is 2.27. The van der Waals surface area contributed by atoms with Gasteiger partial charge in [0, 0.05) is 18.0 Å². The normalized spacial score (nSPS) is 10.0. The lowest BCUT2D eigenvalue weighted by molar-refractivity contribution is 0.0844. The second-order valence-electron chi connectivity index (χ2n) is 5.41. The Balaban J connectivity index is 1.63. The molecule has 6 heteroatoms. The molecule has 0 aliphatic carbocycles. The molecule has 0 fully saturated rings. The van der Waals surface area contributed by atoms with Crippen LogP contribution < -0.4 is 15.6 Å². The Labute approximate surface area is 150 Å². The van der Waals surface area contributed by atoms with Crippen LogP contribution in [0.3, 0.4) is 0 Å². The molecule has 130 valence electrons. The zero-order valence-electron chi connectivity index (χ0n) is 13.9. The van der Waals surface area contributed by atoms with Crippen LogP contribution in [0.1, 0.15) is 26.3 Å². The number of benzene rings is 2. The molecule has 0 atom stereocenters. The smallest absolute Gasteiger partial charge is 0.273 e. The number of ether oxygens (including phenoxy) is 1. The third kappa shape index (κ3) is 4.45. The van der Waals surface area contributed by atoms with Crippen LogP contribution in [0, 0.1) is 0 Å². The summed E-state index contributed by atoms with van der Waals surface area (Å²) in [6.45, 7) is 0.342. The van der Waals surface area contributed by atoms with Crippen LogP contribution in [0.15, 0.2) is 79.1 Å². The number of hydrogen-bond acceptors (Lipinski definition) is 4. The van der Waals surface area contributed by atoms with E-state index in [1.165, 1.54) is 12.4 Å². The SMILES string of the molecule is O=C(NNC(=O)c1ccccc1OCc1ccccc1)c1ccncc1. The maximum Gasteiger partial charge on any atom is 0.273 e. The van der Waals surface area contributed by atoms with Crippen LogP contribution in [0.25, 0.3) is 0 Å². The van der Waals surface area contributed by atoms with Gasteiger partial charge >= 0.3 is 0 Å². The molecule has 1 heterocycles. The summed E-state index contributed by atoms with van der Waals surface area (Å²) >= 11 is 0. The molecule has 0 unspecified atom stereocenters. The highest BCUT2D eigenvalue weighted by Crippen LogP contribution is 2.19. The number of nitrogens with zero attached hydrogens (tertiary/aromatic N) is 1. The Hall–Kier alpha value is -3.67. The molecule has 26 heavy (non-hydrogen) atoms. The van der Waals surface area contributed by atoms with Gasteiger partial charge in [-0.25, -0.2) is 0 Å². The Kier molecular flexibility index (Phi) is 5.57. The van der Waals surface area contributed by atoms with Gasteiger partial charge in [-0.3, -0.25) is 25.4 Å². The highest BCUT2D eigenvalue weighted by Gasteiger charge is 2.13. The fourth-order valence-electron chi connectivity index (χ4n) is 2.27. The van der Waals surface area contributed by atoms with Crippen molar-refractivity contribution in [2.45, 2.75) is 6.61 Å². The van der Waals surface area contributed by atoms with E-state index in [4.69, 9.17) is 4.74 Å². The summed E-state index contributed by atoms with van der Waals surface area (Å²) in [5.74, 6) is -0.452. The summed E-state index contributed by atoms with van der Waals surface area (Å²) in [6.07, 6.45) is 3.01. The summed E-state index contributed by atoms with van der Waals surface area (Å²) in [6, 6.07) is 19.6. The van der Waals surface area contributed by atoms with Gasteiger partial charge in [-0.1, -0.05) is 42.5 Å². The zero-order chi connectivity index (χ0) is 18.2. The topological polar surface area (TPSA) is 80.3 Å². The van der Waals surface area contributed by atoms with Gasteiger partial charge in [0.2, 0.25) is 0 Å². The maximum atomic E-state index is 12.4. The Bertz CT molecular complexity index is 883. The minimum atomic E-state index is -0.462. The van der Waals surface area contributed by atoms with Crippen LogP contribution in [0.5, 0.6) is 5.75 Å². The average molecular weight is 347 g/mol. The van der Waals surface area contributed by atoms with Crippen LogP contribution >= 0.6 is 0 Å². The summed E-state index contributed by atoms with van der Waals surface area (Å²) in [4.78, 5) is 28.2. The third-order valence-corrected chi connectivity index (χ3v) is 3.60. The predicted octanol–water partition coefficient (Wildman–Crippen LogP) is 2.74. The molecule has 0 bridgehead atoms.